The number of aryl methyl sites for hydroxylation is 1. The first-order valence-corrected chi connectivity index (χ1v) is 9.21. The fraction of sp³-hybridized carbons (Fsp3) is 0.211. The van der Waals surface area contributed by atoms with E-state index in [2.05, 4.69) is 15.1 Å². The molecule has 0 saturated heterocycles. The molecule has 0 atom stereocenters. The van der Waals surface area contributed by atoms with Gasteiger partial charge in [-0.3, -0.25) is 14.0 Å². The highest BCUT2D eigenvalue weighted by Crippen LogP contribution is 2.36. The first-order chi connectivity index (χ1) is 13.4. The number of aromatic nitrogens is 5. The van der Waals surface area contributed by atoms with Crippen LogP contribution in [0.15, 0.2) is 41.1 Å². The van der Waals surface area contributed by atoms with Crippen LogP contribution in [-0.4, -0.2) is 37.4 Å². The highest BCUT2D eigenvalue weighted by atomic mass is 35.5. The summed E-state index contributed by atoms with van der Waals surface area (Å²) in [5.41, 5.74) is 9.36. The molecule has 8 nitrogen and oxygen atoms in total. The molecule has 1 aliphatic heterocycles. The van der Waals surface area contributed by atoms with Gasteiger partial charge in [-0.05, 0) is 12.1 Å². The maximum absolute atomic E-state index is 13.2. The molecule has 28 heavy (non-hydrogen) atoms. The molecule has 0 fully saturated rings. The summed E-state index contributed by atoms with van der Waals surface area (Å²) in [7, 11) is 3.57. The van der Waals surface area contributed by atoms with Crippen molar-refractivity contribution in [1.29, 1.82) is 0 Å². The van der Waals surface area contributed by atoms with Crippen molar-refractivity contribution in [3.63, 3.8) is 0 Å². The van der Waals surface area contributed by atoms with Gasteiger partial charge in [-0.2, -0.15) is 10.1 Å². The van der Waals surface area contributed by atoms with Crippen LogP contribution in [0.2, 0.25) is 5.02 Å². The van der Waals surface area contributed by atoms with Crippen molar-refractivity contribution in [3.8, 4) is 11.1 Å². The third-order valence-corrected chi connectivity index (χ3v) is 5.56. The van der Waals surface area contributed by atoms with E-state index in [1.165, 1.54) is 0 Å². The first-order valence-electron chi connectivity index (χ1n) is 8.84. The number of aromatic amines is 1. The molecule has 0 bridgehead atoms. The molecule has 4 heterocycles. The van der Waals surface area contributed by atoms with Gasteiger partial charge in [0, 0.05) is 55.2 Å². The summed E-state index contributed by atoms with van der Waals surface area (Å²) in [6.45, 7) is 1.19. The third kappa shape index (κ3) is 2.34. The van der Waals surface area contributed by atoms with Crippen LogP contribution < -0.4 is 16.2 Å². The third-order valence-electron chi connectivity index (χ3n) is 5.15. The molecule has 0 saturated carbocycles. The summed E-state index contributed by atoms with van der Waals surface area (Å²) >= 11 is 6.66. The Balaban J connectivity index is 1.71. The zero-order valence-corrected chi connectivity index (χ0v) is 16.2. The van der Waals surface area contributed by atoms with Crippen molar-refractivity contribution < 1.29 is 0 Å². The summed E-state index contributed by atoms with van der Waals surface area (Å²) in [4.78, 5) is 23.0. The van der Waals surface area contributed by atoms with E-state index in [-0.39, 0.29) is 5.56 Å². The highest BCUT2D eigenvalue weighted by Gasteiger charge is 2.22. The van der Waals surface area contributed by atoms with E-state index in [9.17, 15) is 4.79 Å². The maximum atomic E-state index is 13.2. The molecule has 0 unspecified atom stereocenters. The number of rotatable bonds is 2. The van der Waals surface area contributed by atoms with E-state index in [1.54, 1.807) is 22.5 Å². The van der Waals surface area contributed by atoms with Crippen LogP contribution >= 0.6 is 11.6 Å². The molecule has 5 rings (SSSR count). The van der Waals surface area contributed by atoms with Crippen LogP contribution in [0.5, 0.6) is 0 Å². The SMILES string of the molecule is Cn1cc2c(Cl)c(-c3c[nH]c4nc(N5CC=C(N)C5)n(C)c(=O)c34)ccc2n1. The molecular weight excluding hydrogens is 378 g/mol. The molecule has 3 N–H and O–H groups in total. The predicted molar refractivity (Wildman–Crippen MR) is 111 cm³/mol. The number of hydrogen-bond acceptors (Lipinski definition) is 5. The second-order valence-electron chi connectivity index (χ2n) is 7.02. The van der Waals surface area contributed by atoms with Crippen LogP contribution in [-0.2, 0) is 14.1 Å². The number of halogens is 1. The van der Waals surface area contributed by atoms with E-state index < -0.39 is 0 Å². The van der Waals surface area contributed by atoms with E-state index in [0.29, 0.717) is 35.1 Å². The summed E-state index contributed by atoms with van der Waals surface area (Å²) < 4.78 is 3.28. The molecule has 3 aromatic heterocycles. The fourth-order valence-corrected chi connectivity index (χ4v) is 4.07. The molecule has 4 aromatic rings. The minimum atomic E-state index is -0.135. The lowest BCUT2D eigenvalue weighted by molar-refractivity contribution is 0.780. The van der Waals surface area contributed by atoms with Crippen LogP contribution in [0.25, 0.3) is 33.1 Å². The van der Waals surface area contributed by atoms with Crippen LogP contribution in [0.4, 0.5) is 5.95 Å². The van der Waals surface area contributed by atoms with E-state index in [4.69, 9.17) is 17.3 Å². The van der Waals surface area contributed by atoms with Crippen LogP contribution in [0.3, 0.4) is 0 Å². The zero-order valence-electron chi connectivity index (χ0n) is 15.4. The molecule has 0 spiro atoms. The summed E-state index contributed by atoms with van der Waals surface area (Å²) in [5, 5.41) is 6.30. The summed E-state index contributed by atoms with van der Waals surface area (Å²) in [6, 6.07) is 3.79. The number of anilines is 1. The Kier molecular flexibility index (Phi) is 3.54. The van der Waals surface area contributed by atoms with E-state index in [0.717, 1.165) is 27.7 Å². The molecule has 0 radical (unpaired) electrons. The zero-order chi connectivity index (χ0) is 19.6. The van der Waals surface area contributed by atoms with Crippen LogP contribution in [0.1, 0.15) is 0 Å². The first kappa shape index (κ1) is 16.9. The number of nitrogens with zero attached hydrogens (tertiary/aromatic N) is 5. The lowest BCUT2D eigenvalue weighted by Crippen LogP contribution is -2.31. The smallest absolute Gasteiger partial charge is 0.264 e. The highest BCUT2D eigenvalue weighted by molar-refractivity contribution is 6.38. The molecule has 9 heteroatoms. The number of nitrogens with two attached hydrogens (primary N) is 1. The number of hydrogen-bond donors (Lipinski definition) is 2. The average molecular weight is 396 g/mol. The summed E-state index contributed by atoms with van der Waals surface area (Å²) in [6.07, 6.45) is 5.58. The Morgan fingerprint density at radius 3 is 2.82 bits per heavy atom. The van der Waals surface area contributed by atoms with Crippen molar-refractivity contribution in [2.45, 2.75) is 0 Å². The largest absolute Gasteiger partial charge is 0.401 e. The van der Waals surface area contributed by atoms with Crippen molar-refractivity contribution in [3.05, 3.63) is 51.7 Å². The van der Waals surface area contributed by atoms with Gasteiger partial charge < -0.3 is 15.6 Å². The van der Waals surface area contributed by atoms with Crippen LogP contribution in [0, 0.1) is 0 Å². The van der Waals surface area contributed by atoms with Gasteiger partial charge in [0.2, 0.25) is 5.95 Å². The number of benzene rings is 1. The molecular formula is C19H18ClN7O. The lowest BCUT2D eigenvalue weighted by Gasteiger charge is -2.19. The molecule has 1 aliphatic rings. The van der Waals surface area contributed by atoms with E-state index in [1.807, 2.05) is 36.4 Å². The Hall–Kier alpha value is -3.26. The molecule has 0 amide bonds. The van der Waals surface area contributed by atoms with Gasteiger partial charge in [0.1, 0.15) is 5.65 Å². The minimum Gasteiger partial charge on any atom is -0.401 e. The Morgan fingerprint density at radius 2 is 2.07 bits per heavy atom. The van der Waals surface area contributed by atoms with Gasteiger partial charge in [0.05, 0.1) is 22.5 Å². The van der Waals surface area contributed by atoms with Gasteiger partial charge in [0.15, 0.2) is 0 Å². The second kappa shape index (κ2) is 5.87. The molecule has 142 valence electrons. The van der Waals surface area contributed by atoms with Gasteiger partial charge in [0.25, 0.3) is 5.56 Å². The molecule has 1 aromatic carbocycles. The van der Waals surface area contributed by atoms with E-state index >= 15 is 0 Å². The lowest BCUT2D eigenvalue weighted by atomic mass is 10.0. The maximum Gasteiger partial charge on any atom is 0.264 e. The van der Waals surface area contributed by atoms with Crippen molar-refractivity contribution in [1.82, 2.24) is 24.3 Å². The normalized spacial score (nSPS) is 14.4. The van der Waals surface area contributed by atoms with Gasteiger partial charge >= 0.3 is 0 Å². The Morgan fingerprint density at radius 1 is 1.25 bits per heavy atom. The van der Waals surface area contributed by atoms with Crippen molar-refractivity contribution in [2.24, 2.45) is 19.8 Å². The second-order valence-corrected chi connectivity index (χ2v) is 7.40. The monoisotopic (exact) mass is 395 g/mol. The van der Waals surface area contributed by atoms with Gasteiger partial charge in [-0.15, -0.1) is 0 Å². The fourth-order valence-electron chi connectivity index (χ4n) is 3.76. The number of H-pyrrole nitrogens is 1. The topological polar surface area (TPSA) is 97.8 Å². The van der Waals surface area contributed by atoms with Gasteiger partial charge in [-0.25, -0.2) is 0 Å². The Labute approximate surface area is 164 Å². The van der Waals surface area contributed by atoms with Gasteiger partial charge in [-0.1, -0.05) is 17.7 Å². The number of fused-ring (bicyclic) bond motifs is 2. The predicted octanol–water partition coefficient (Wildman–Crippen LogP) is 2.13. The molecule has 0 aliphatic carbocycles. The Bertz CT molecular complexity index is 1340. The van der Waals surface area contributed by atoms with Crippen molar-refractivity contribution >= 4 is 39.5 Å². The van der Waals surface area contributed by atoms with Crippen molar-refractivity contribution in [2.75, 3.05) is 18.0 Å². The standard InChI is InChI=1S/C19H18ClN7O/c1-25-9-13-14(24-25)4-3-11(16(13)20)12-7-22-17-15(12)18(28)26(2)19(23-17)27-6-5-10(21)8-27/h3-5,7,9,22H,6,8,21H2,1-2H3. The minimum absolute atomic E-state index is 0.135. The number of nitrogens with one attached hydrogen (secondary N) is 1. The quantitative estimate of drug-likeness (QED) is 0.542. The average Bonchev–Trinajstić information content (AvgIpc) is 3.36. The summed E-state index contributed by atoms with van der Waals surface area (Å²) in [5.74, 6) is 0.580.